The molecule has 0 aliphatic rings. The van der Waals surface area contributed by atoms with Gasteiger partial charge in [-0.25, -0.2) is 13.1 Å². The first-order valence-corrected chi connectivity index (χ1v) is 18.2. The van der Waals surface area contributed by atoms with Crippen molar-refractivity contribution < 1.29 is 27.9 Å². The topological polar surface area (TPSA) is 124 Å². The van der Waals surface area contributed by atoms with Gasteiger partial charge in [-0.3, -0.25) is 14.4 Å². The van der Waals surface area contributed by atoms with Crippen LogP contribution in [0.25, 0.3) is 11.1 Å². The van der Waals surface area contributed by atoms with Crippen LogP contribution in [-0.4, -0.2) is 77.9 Å². The molecule has 250 valence electrons. The van der Waals surface area contributed by atoms with E-state index in [0.717, 1.165) is 32.1 Å². The molecule has 0 saturated heterocycles. The molecular weight excluding hydrogens is 657 g/mol. The number of amides is 3. The lowest BCUT2D eigenvalue weighted by Crippen LogP contribution is -2.40. The Hall–Kier alpha value is -2.31. The summed E-state index contributed by atoms with van der Waals surface area (Å²) in [6, 6.07) is 11.1. The number of sulfonamides is 1. The number of rotatable bonds is 19. The van der Waals surface area contributed by atoms with Gasteiger partial charge in [0.15, 0.2) is 0 Å². The summed E-state index contributed by atoms with van der Waals surface area (Å²) in [6.07, 6.45) is 3.37. The largest absolute Gasteiger partial charge is 0.384 e. The fraction of sp³-hybridized carbons (Fsp3) is 0.531. The summed E-state index contributed by atoms with van der Waals surface area (Å²) in [7, 11) is -4.31. The average molecular weight is 703 g/mol. The van der Waals surface area contributed by atoms with Crippen LogP contribution in [0.1, 0.15) is 71.3 Å². The van der Waals surface area contributed by atoms with Gasteiger partial charge in [0.2, 0.25) is 11.8 Å². The molecule has 0 aromatic heterocycles. The van der Waals surface area contributed by atoms with E-state index in [1.807, 2.05) is 11.6 Å². The van der Waals surface area contributed by atoms with Gasteiger partial charge >= 0.3 is 0 Å². The maximum atomic E-state index is 13.2. The molecule has 0 bridgehead atoms. The molecule has 0 aliphatic heterocycles. The number of aliphatic hydroxyl groups is 1. The number of unbranched alkanes of at least 4 members (excludes halogenated alkanes) is 2. The fourth-order valence-corrected chi connectivity index (χ4v) is 6.79. The van der Waals surface area contributed by atoms with Crippen LogP contribution < -0.4 is 4.72 Å². The van der Waals surface area contributed by atoms with E-state index in [1.165, 1.54) is 19.1 Å². The summed E-state index contributed by atoms with van der Waals surface area (Å²) < 4.78 is 27.8. The normalized spacial score (nSPS) is 12.8. The number of hydrogen-bond donors (Lipinski definition) is 3. The Morgan fingerprint density at radius 3 is 2.24 bits per heavy atom. The molecule has 2 atom stereocenters. The third kappa shape index (κ3) is 12.4. The standard InChI is InChI=1S/C32H45Cl2N3O6S2/c1-4-6-10-25(33)22-37(18-19-44)31(40)16-17-36(30(39)13-7-5-2)21-24-14-15-26(28(34)20-24)27-11-8-9-12-29(27)45(42,43)35-32(41)23(3)38/h8-9,11-12,14-15,20,23,25,38,44H,4-7,10,13,16-19,21-22H2,1-3H3,(H,35,41)/t23-,25-/m0/s1. The number of aliphatic hydroxyl groups excluding tert-OH is 1. The van der Waals surface area contributed by atoms with Crippen LogP contribution in [0, 0.1) is 0 Å². The van der Waals surface area contributed by atoms with Gasteiger partial charge in [-0.2, -0.15) is 12.6 Å². The highest BCUT2D eigenvalue weighted by atomic mass is 35.5. The van der Waals surface area contributed by atoms with Crippen molar-refractivity contribution >= 4 is 63.6 Å². The fourth-order valence-electron chi connectivity index (χ4n) is 4.65. The Kier molecular flexibility index (Phi) is 16.7. The maximum absolute atomic E-state index is 13.2. The summed E-state index contributed by atoms with van der Waals surface area (Å²) in [5, 5.41) is 9.58. The molecular formula is C32H45Cl2N3O6S2. The van der Waals surface area contributed by atoms with E-state index < -0.39 is 22.0 Å². The SMILES string of the molecule is CCCCC(=O)N(CCC(=O)N(CCS)C[C@@H](Cl)CCCC)Cc1ccc(-c2ccccc2S(=O)(=O)NC(=O)[C@H](C)O)c(Cl)c1. The van der Waals surface area contributed by atoms with Gasteiger partial charge in [-0.05, 0) is 37.5 Å². The Morgan fingerprint density at radius 1 is 0.956 bits per heavy atom. The van der Waals surface area contributed by atoms with Crippen LogP contribution in [0.15, 0.2) is 47.4 Å². The molecule has 9 nitrogen and oxygen atoms in total. The van der Waals surface area contributed by atoms with Crippen molar-refractivity contribution in [2.75, 3.05) is 25.4 Å². The summed E-state index contributed by atoms with van der Waals surface area (Å²) >= 11 is 17.5. The molecule has 0 unspecified atom stereocenters. The van der Waals surface area contributed by atoms with Crippen LogP contribution >= 0.6 is 35.8 Å². The second-order valence-electron chi connectivity index (χ2n) is 10.9. The zero-order valence-electron chi connectivity index (χ0n) is 26.2. The van der Waals surface area contributed by atoms with Crippen molar-refractivity contribution in [1.82, 2.24) is 14.5 Å². The van der Waals surface area contributed by atoms with Gasteiger partial charge < -0.3 is 14.9 Å². The van der Waals surface area contributed by atoms with Crippen LogP contribution in [0.2, 0.25) is 5.02 Å². The van der Waals surface area contributed by atoms with E-state index in [0.29, 0.717) is 36.4 Å². The smallest absolute Gasteiger partial charge is 0.264 e. The van der Waals surface area contributed by atoms with E-state index in [4.69, 9.17) is 23.2 Å². The maximum Gasteiger partial charge on any atom is 0.264 e. The van der Waals surface area contributed by atoms with Crippen molar-refractivity contribution in [2.24, 2.45) is 0 Å². The molecule has 2 rings (SSSR count). The van der Waals surface area contributed by atoms with Gasteiger partial charge in [0.05, 0.1) is 10.3 Å². The lowest BCUT2D eigenvalue weighted by atomic mass is 10.0. The number of carbonyl (C=O) groups is 3. The van der Waals surface area contributed by atoms with E-state index in [1.54, 1.807) is 40.1 Å². The second kappa shape index (κ2) is 19.4. The number of benzene rings is 2. The van der Waals surface area contributed by atoms with Crippen molar-refractivity contribution in [3.63, 3.8) is 0 Å². The molecule has 0 radical (unpaired) electrons. The Labute approximate surface area is 283 Å². The molecule has 13 heteroatoms. The van der Waals surface area contributed by atoms with Gasteiger partial charge in [0.25, 0.3) is 15.9 Å². The first-order valence-electron chi connectivity index (χ1n) is 15.3. The molecule has 0 aliphatic carbocycles. The van der Waals surface area contributed by atoms with Crippen molar-refractivity contribution in [3.05, 3.63) is 53.1 Å². The number of hydrogen-bond acceptors (Lipinski definition) is 7. The summed E-state index contributed by atoms with van der Waals surface area (Å²) in [5.41, 5.74) is 1.38. The Bertz CT molecular complexity index is 1390. The van der Waals surface area contributed by atoms with E-state index >= 15 is 0 Å². The van der Waals surface area contributed by atoms with Crippen molar-refractivity contribution in [3.8, 4) is 11.1 Å². The molecule has 2 aromatic rings. The molecule has 0 heterocycles. The highest BCUT2D eigenvalue weighted by Gasteiger charge is 2.25. The zero-order valence-corrected chi connectivity index (χ0v) is 29.4. The molecule has 0 spiro atoms. The lowest BCUT2D eigenvalue weighted by Gasteiger charge is -2.27. The zero-order chi connectivity index (χ0) is 33.6. The van der Waals surface area contributed by atoms with Gasteiger partial charge in [0, 0.05) is 60.9 Å². The Morgan fingerprint density at radius 2 is 1.62 bits per heavy atom. The number of nitrogens with zero attached hydrogens (tertiary/aromatic N) is 2. The predicted molar refractivity (Wildman–Crippen MR) is 183 cm³/mol. The first kappa shape index (κ1) is 38.9. The van der Waals surface area contributed by atoms with Gasteiger partial charge in [0.1, 0.15) is 6.10 Å². The molecule has 2 N–H and O–H groups in total. The van der Waals surface area contributed by atoms with Crippen LogP contribution in [0.5, 0.6) is 0 Å². The third-order valence-electron chi connectivity index (χ3n) is 7.19. The number of nitrogens with one attached hydrogen (secondary N) is 1. The lowest BCUT2D eigenvalue weighted by molar-refractivity contribution is -0.135. The molecule has 2 aromatic carbocycles. The van der Waals surface area contributed by atoms with E-state index in [2.05, 4.69) is 19.6 Å². The van der Waals surface area contributed by atoms with E-state index in [9.17, 15) is 27.9 Å². The quantitative estimate of drug-likeness (QED) is 0.128. The minimum Gasteiger partial charge on any atom is -0.384 e. The number of halogens is 2. The Balaban J connectivity index is 2.28. The van der Waals surface area contributed by atoms with Gasteiger partial charge in [-0.1, -0.05) is 75.0 Å². The van der Waals surface area contributed by atoms with Crippen molar-refractivity contribution in [1.29, 1.82) is 0 Å². The van der Waals surface area contributed by atoms with Crippen molar-refractivity contribution in [2.45, 2.75) is 88.6 Å². The predicted octanol–water partition coefficient (Wildman–Crippen LogP) is 5.66. The molecule has 0 saturated carbocycles. The number of thiol groups is 1. The minimum atomic E-state index is -4.31. The van der Waals surface area contributed by atoms with Crippen LogP contribution in [0.4, 0.5) is 0 Å². The molecule has 3 amide bonds. The summed E-state index contributed by atoms with van der Waals surface area (Å²) in [5.74, 6) is -0.711. The molecule has 45 heavy (non-hydrogen) atoms. The minimum absolute atomic E-state index is 0.0750. The highest BCUT2D eigenvalue weighted by molar-refractivity contribution is 7.90. The highest BCUT2D eigenvalue weighted by Crippen LogP contribution is 2.34. The van der Waals surface area contributed by atoms with Gasteiger partial charge in [-0.15, -0.1) is 11.6 Å². The summed E-state index contributed by atoms with van der Waals surface area (Å²) in [6.45, 7) is 6.60. The van der Waals surface area contributed by atoms with E-state index in [-0.39, 0.29) is 52.2 Å². The first-order chi connectivity index (χ1) is 21.3. The number of carbonyl (C=O) groups excluding carboxylic acids is 3. The summed E-state index contributed by atoms with van der Waals surface area (Å²) in [4.78, 5) is 41.5. The monoisotopic (exact) mass is 701 g/mol. The number of alkyl halides is 1. The second-order valence-corrected chi connectivity index (χ2v) is 14.1. The van der Waals surface area contributed by atoms with Crippen LogP contribution in [0.3, 0.4) is 0 Å². The average Bonchev–Trinajstić information content (AvgIpc) is 3.00. The van der Waals surface area contributed by atoms with Crippen LogP contribution in [-0.2, 0) is 31.0 Å². The third-order valence-corrected chi connectivity index (χ3v) is 9.47. The molecule has 0 fully saturated rings.